The molecule has 4 rings (SSSR count). The second-order valence-electron chi connectivity index (χ2n) is 8.34. The van der Waals surface area contributed by atoms with E-state index in [0.717, 1.165) is 43.0 Å². The predicted octanol–water partition coefficient (Wildman–Crippen LogP) is 2.10. The molecule has 3 aromatic rings. The number of hydrogen-bond donors (Lipinski definition) is 2. The van der Waals surface area contributed by atoms with Gasteiger partial charge < -0.3 is 14.8 Å². The highest BCUT2D eigenvalue weighted by molar-refractivity contribution is 5.77. The van der Waals surface area contributed by atoms with Gasteiger partial charge in [-0.3, -0.25) is 14.6 Å². The first-order chi connectivity index (χ1) is 15.0. The third kappa shape index (κ3) is 5.50. The van der Waals surface area contributed by atoms with Crippen LogP contribution in [0.1, 0.15) is 17.0 Å². The van der Waals surface area contributed by atoms with Crippen LogP contribution in [0.3, 0.4) is 0 Å². The number of aliphatic hydroxyl groups excluding tert-OH is 1. The van der Waals surface area contributed by atoms with Gasteiger partial charge in [-0.1, -0.05) is 29.8 Å². The quantitative estimate of drug-likeness (QED) is 0.607. The lowest BCUT2D eigenvalue weighted by atomic mass is 10.1. The molecule has 1 aliphatic heterocycles. The van der Waals surface area contributed by atoms with Crippen molar-refractivity contribution in [1.82, 2.24) is 19.8 Å². The van der Waals surface area contributed by atoms with Gasteiger partial charge in [-0.15, -0.1) is 0 Å². The molecule has 1 atom stereocenters. The summed E-state index contributed by atoms with van der Waals surface area (Å²) in [7, 11) is 0. The molecule has 1 saturated heterocycles. The minimum atomic E-state index is -0.536. The van der Waals surface area contributed by atoms with Crippen LogP contribution in [-0.2, 0) is 6.54 Å². The number of aryl methyl sites for hydroxylation is 2. The summed E-state index contributed by atoms with van der Waals surface area (Å²) in [5, 5.41) is 11.0. The van der Waals surface area contributed by atoms with Crippen LogP contribution < -0.4 is 10.3 Å². The lowest BCUT2D eigenvalue weighted by molar-refractivity contribution is 0.0440. The Hall–Kier alpha value is -2.74. The third-order valence-corrected chi connectivity index (χ3v) is 5.73. The summed E-state index contributed by atoms with van der Waals surface area (Å²) in [5.74, 6) is 1.52. The maximum Gasteiger partial charge on any atom is 0.258 e. The van der Waals surface area contributed by atoms with Crippen molar-refractivity contribution in [3.05, 3.63) is 69.8 Å². The van der Waals surface area contributed by atoms with Crippen LogP contribution in [0.2, 0.25) is 0 Å². The highest BCUT2D eigenvalue weighted by atomic mass is 16.5. The molecule has 2 aromatic carbocycles. The summed E-state index contributed by atoms with van der Waals surface area (Å²) in [4.78, 5) is 24.3. The largest absolute Gasteiger partial charge is 0.491 e. The van der Waals surface area contributed by atoms with Crippen LogP contribution in [0, 0.1) is 13.8 Å². The fourth-order valence-corrected chi connectivity index (χ4v) is 4.05. The third-order valence-electron chi connectivity index (χ3n) is 5.73. The van der Waals surface area contributed by atoms with Crippen LogP contribution in [0.5, 0.6) is 5.75 Å². The zero-order valence-electron chi connectivity index (χ0n) is 18.2. The number of piperazine rings is 1. The number of fused-ring (bicyclic) bond motifs is 1. The van der Waals surface area contributed by atoms with Crippen molar-refractivity contribution >= 4 is 10.9 Å². The molecule has 1 unspecified atom stereocenters. The number of aliphatic hydroxyl groups is 1. The number of rotatable bonds is 7. The van der Waals surface area contributed by atoms with E-state index < -0.39 is 6.10 Å². The summed E-state index contributed by atoms with van der Waals surface area (Å²) in [6, 6.07) is 13.5. The average Bonchev–Trinajstić information content (AvgIpc) is 2.75. The van der Waals surface area contributed by atoms with E-state index in [1.54, 1.807) is 6.07 Å². The zero-order valence-corrected chi connectivity index (χ0v) is 18.2. The number of aromatic nitrogens is 2. The summed E-state index contributed by atoms with van der Waals surface area (Å²) in [6.45, 7) is 9.01. The topological polar surface area (TPSA) is 81.7 Å². The Morgan fingerprint density at radius 1 is 1.10 bits per heavy atom. The van der Waals surface area contributed by atoms with Gasteiger partial charge >= 0.3 is 0 Å². The second-order valence-corrected chi connectivity index (χ2v) is 8.34. The second kappa shape index (κ2) is 9.60. The average molecular weight is 423 g/mol. The molecule has 7 nitrogen and oxygen atoms in total. The first kappa shape index (κ1) is 21.5. The number of aromatic amines is 1. The van der Waals surface area contributed by atoms with Crippen LogP contribution in [0.4, 0.5) is 0 Å². The van der Waals surface area contributed by atoms with E-state index in [-0.39, 0.29) is 12.2 Å². The van der Waals surface area contributed by atoms with Crippen LogP contribution in [0.15, 0.2) is 47.3 Å². The number of ether oxygens (including phenoxy) is 1. The number of hydrogen-bond acceptors (Lipinski definition) is 6. The molecule has 0 radical (unpaired) electrons. The zero-order chi connectivity index (χ0) is 21.8. The molecule has 31 heavy (non-hydrogen) atoms. The van der Waals surface area contributed by atoms with E-state index in [0.29, 0.717) is 24.3 Å². The maximum atomic E-state index is 12.3. The van der Waals surface area contributed by atoms with Gasteiger partial charge in [0.1, 0.15) is 24.3 Å². The van der Waals surface area contributed by atoms with Crippen molar-refractivity contribution in [1.29, 1.82) is 0 Å². The standard InChI is InChI=1S/C24H30N4O3/c1-17-7-8-22(18(2)13-17)31-16-19(29)14-27-9-11-28(12-10-27)15-23-25-21-6-4-3-5-20(21)24(30)26-23/h3-8,13,19,29H,9-12,14-16H2,1-2H3,(H,25,26,30). The van der Waals surface area contributed by atoms with Gasteiger partial charge in [-0.2, -0.15) is 0 Å². The van der Waals surface area contributed by atoms with Crippen LogP contribution >= 0.6 is 0 Å². The molecule has 2 N–H and O–H groups in total. The van der Waals surface area contributed by atoms with Crippen molar-refractivity contribution in [3.8, 4) is 5.75 Å². The fourth-order valence-electron chi connectivity index (χ4n) is 4.05. The Balaban J connectivity index is 1.24. The number of β-amino-alcohol motifs (C(OH)–C–C–N with tert-alkyl or cyclic N) is 1. The van der Waals surface area contributed by atoms with Crippen molar-refractivity contribution < 1.29 is 9.84 Å². The lowest BCUT2D eigenvalue weighted by Gasteiger charge is -2.35. The Kier molecular flexibility index (Phi) is 6.65. The Morgan fingerprint density at radius 3 is 2.61 bits per heavy atom. The molecule has 0 amide bonds. The SMILES string of the molecule is Cc1ccc(OCC(O)CN2CCN(Cc3nc4ccccc4c(=O)[nH]3)CC2)c(C)c1. The molecule has 1 fully saturated rings. The molecular weight excluding hydrogens is 392 g/mol. The van der Waals surface area contributed by atoms with Gasteiger partial charge in [0, 0.05) is 32.7 Å². The molecule has 7 heteroatoms. The highest BCUT2D eigenvalue weighted by Gasteiger charge is 2.20. The van der Waals surface area contributed by atoms with E-state index in [9.17, 15) is 9.90 Å². The van der Waals surface area contributed by atoms with Gasteiger partial charge in [0.2, 0.25) is 0 Å². The minimum Gasteiger partial charge on any atom is -0.491 e. The summed E-state index contributed by atoms with van der Waals surface area (Å²) in [6.07, 6.45) is -0.536. The Morgan fingerprint density at radius 2 is 1.84 bits per heavy atom. The molecule has 1 aliphatic rings. The van der Waals surface area contributed by atoms with Gasteiger partial charge in [0.05, 0.1) is 17.4 Å². The van der Waals surface area contributed by atoms with E-state index in [4.69, 9.17) is 4.74 Å². The van der Waals surface area contributed by atoms with E-state index in [1.807, 2.05) is 37.3 Å². The Labute approximate surface area is 182 Å². The lowest BCUT2D eigenvalue weighted by Crippen LogP contribution is -2.49. The monoisotopic (exact) mass is 422 g/mol. The van der Waals surface area contributed by atoms with Gasteiger partial charge in [-0.25, -0.2) is 4.98 Å². The molecule has 1 aromatic heterocycles. The van der Waals surface area contributed by atoms with E-state index in [1.165, 1.54) is 5.56 Å². The molecule has 0 saturated carbocycles. The summed E-state index contributed by atoms with van der Waals surface area (Å²) in [5.41, 5.74) is 2.92. The normalized spacial score (nSPS) is 16.5. The van der Waals surface area contributed by atoms with Crippen molar-refractivity contribution in [2.75, 3.05) is 39.3 Å². The van der Waals surface area contributed by atoms with E-state index in [2.05, 4.69) is 32.8 Å². The molecule has 0 aliphatic carbocycles. The predicted molar refractivity (Wildman–Crippen MR) is 121 cm³/mol. The number of para-hydroxylation sites is 1. The first-order valence-electron chi connectivity index (χ1n) is 10.8. The summed E-state index contributed by atoms with van der Waals surface area (Å²) < 4.78 is 5.81. The molecule has 0 bridgehead atoms. The highest BCUT2D eigenvalue weighted by Crippen LogP contribution is 2.19. The number of nitrogens with one attached hydrogen (secondary N) is 1. The fraction of sp³-hybridized carbons (Fsp3) is 0.417. The van der Waals surface area contributed by atoms with Crippen LogP contribution in [0.25, 0.3) is 10.9 Å². The van der Waals surface area contributed by atoms with E-state index >= 15 is 0 Å². The number of H-pyrrole nitrogens is 1. The number of benzene rings is 2. The van der Waals surface area contributed by atoms with Gasteiger partial charge in [0.15, 0.2) is 0 Å². The van der Waals surface area contributed by atoms with Crippen molar-refractivity contribution in [2.24, 2.45) is 0 Å². The number of nitrogens with zero attached hydrogens (tertiary/aromatic N) is 3. The first-order valence-corrected chi connectivity index (χ1v) is 10.8. The molecular formula is C24H30N4O3. The van der Waals surface area contributed by atoms with Crippen molar-refractivity contribution in [3.63, 3.8) is 0 Å². The molecule has 2 heterocycles. The van der Waals surface area contributed by atoms with Crippen LogP contribution in [-0.4, -0.2) is 70.3 Å². The minimum absolute atomic E-state index is 0.0915. The smallest absolute Gasteiger partial charge is 0.258 e. The van der Waals surface area contributed by atoms with Crippen molar-refractivity contribution in [2.45, 2.75) is 26.5 Å². The Bertz CT molecular complexity index is 1090. The maximum absolute atomic E-state index is 12.3. The van der Waals surface area contributed by atoms with Gasteiger partial charge in [-0.05, 0) is 37.6 Å². The summed E-state index contributed by atoms with van der Waals surface area (Å²) >= 11 is 0. The molecule has 0 spiro atoms. The molecule has 164 valence electrons. The van der Waals surface area contributed by atoms with Gasteiger partial charge in [0.25, 0.3) is 5.56 Å².